The number of hydrogen-bond donors (Lipinski definition) is 7. The Morgan fingerprint density at radius 1 is 0.978 bits per heavy atom. The number of carbonyl (C=O) groups is 4. The highest BCUT2D eigenvalue weighted by atomic mass is 32.2. The van der Waals surface area contributed by atoms with E-state index in [0.717, 1.165) is 62.1 Å². The van der Waals surface area contributed by atoms with Gasteiger partial charge in [0.05, 0.1) is 12.0 Å². The van der Waals surface area contributed by atoms with Crippen LogP contribution < -0.4 is 16.4 Å². The molecule has 2 aromatic heterocycles. The van der Waals surface area contributed by atoms with Gasteiger partial charge in [0.2, 0.25) is 5.91 Å². The molecule has 0 unspecified atom stereocenters. The van der Waals surface area contributed by atoms with E-state index in [-0.39, 0.29) is 42.5 Å². The summed E-state index contributed by atoms with van der Waals surface area (Å²) in [5.74, 6) is -0.824. The molecule has 3 aliphatic heterocycles. The minimum absolute atomic E-state index is 0.0241. The van der Waals surface area contributed by atoms with Crippen molar-refractivity contribution < 1.29 is 29.4 Å². The highest BCUT2D eigenvalue weighted by Crippen LogP contribution is 2.38. The van der Waals surface area contributed by atoms with E-state index in [0.29, 0.717) is 36.5 Å². The summed E-state index contributed by atoms with van der Waals surface area (Å²) in [5, 5.41) is 25.5. The van der Waals surface area contributed by atoms with Crippen LogP contribution in [0, 0.1) is 25.7 Å². The molecule has 0 saturated carbocycles. The van der Waals surface area contributed by atoms with Crippen LogP contribution in [-0.4, -0.2) is 61.0 Å². The molecule has 11 nitrogen and oxygen atoms in total. The van der Waals surface area contributed by atoms with Gasteiger partial charge in [0, 0.05) is 65.6 Å². The fourth-order valence-corrected chi connectivity index (χ4v) is 7.75. The van der Waals surface area contributed by atoms with Gasteiger partial charge < -0.3 is 36.5 Å². The molecule has 2 saturated heterocycles. The third kappa shape index (κ3) is 6.75. The van der Waals surface area contributed by atoms with Crippen LogP contribution in [0.2, 0.25) is 0 Å². The van der Waals surface area contributed by atoms with E-state index in [2.05, 4.69) is 20.6 Å². The third-order valence-electron chi connectivity index (χ3n) is 9.46. The topological polar surface area (TPSA) is 190 Å². The quantitative estimate of drug-likeness (QED) is 0.0997. The summed E-state index contributed by atoms with van der Waals surface area (Å²) in [6.45, 7) is 7.80. The van der Waals surface area contributed by atoms with Crippen LogP contribution in [0.25, 0.3) is 6.08 Å². The van der Waals surface area contributed by atoms with E-state index < -0.39 is 11.9 Å². The number of nitrogens with one attached hydrogen (secondary N) is 4. The molecule has 2 fully saturated rings. The zero-order valence-corrected chi connectivity index (χ0v) is 26.9. The second-order valence-electron chi connectivity index (χ2n) is 12.3. The van der Waals surface area contributed by atoms with Gasteiger partial charge in [0.1, 0.15) is 0 Å². The first-order valence-electron chi connectivity index (χ1n) is 15.3. The lowest BCUT2D eigenvalue weighted by atomic mass is 9.91. The molecule has 0 radical (unpaired) electrons. The lowest BCUT2D eigenvalue weighted by Crippen LogP contribution is -2.30. The van der Waals surface area contributed by atoms with Crippen LogP contribution in [-0.2, 0) is 56.6 Å². The molecule has 8 N–H and O–H groups in total. The van der Waals surface area contributed by atoms with Gasteiger partial charge in [0.25, 0.3) is 5.91 Å². The van der Waals surface area contributed by atoms with E-state index in [4.69, 9.17) is 5.73 Å². The van der Waals surface area contributed by atoms with Crippen molar-refractivity contribution in [2.24, 2.45) is 17.6 Å². The standard InChI is InChI=1S/C33H41N5O6S/c1-15-19(5-7-29(39)40)25(35-22(15)11-24-17(3)21(9-10-34)33(44)37-24)13-26-20(6-8-30(41)42)16(2)23(36-26)12-27-31(28-14-45-28)18(4)32(43)38-27/h9-10,12,18,24,28,31,35-36H,5-8,11,13-14,34H2,1-4H3,(H,37,44)(H,38,43)(H,39,40)(H,41,42)/p+1/b10-9-,27-12-/t18-,24-,28-,31-/m1/s1. The molecular formula is C33H42N5O6S+. The summed E-state index contributed by atoms with van der Waals surface area (Å²) in [6.07, 6.45) is 6.44. The Bertz CT molecular complexity index is 1640. The number of aromatic amines is 2. The van der Waals surface area contributed by atoms with Gasteiger partial charge in [-0.15, -0.1) is 0 Å². The molecule has 4 atom stereocenters. The lowest BCUT2D eigenvalue weighted by molar-refractivity contribution is -0.138. The van der Waals surface area contributed by atoms with Gasteiger partial charge >= 0.3 is 11.9 Å². The maximum Gasteiger partial charge on any atom is 0.303 e. The van der Waals surface area contributed by atoms with Crippen molar-refractivity contribution in [1.29, 1.82) is 0 Å². The summed E-state index contributed by atoms with van der Waals surface area (Å²) in [7, 11) is 0. The van der Waals surface area contributed by atoms with Crippen molar-refractivity contribution in [2.45, 2.75) is 77.5 Å². The monoisotopic (exact) mass is 636 g/mol. The normalized spacial score (nSPS) is 23.8. The van der Waals surface area contributed by atoms with Crippen molar-refractivity contribution >= 4 is 41.6 Å². The Morgan fingerprint density at radius 2 is 1.60 bits per heavy atom. The highest BCUT2D eigenvalue weighted by Gasteiger charge is 2.52. The summed E-state index contributed by atoms with van der Waals surface area (Å²) in [5.41, 5.74) is 15.0. The van der Waals surface area contributed by atoms with Gasteiger partial charge in [-0.3, -0.25) is 19.2 Å². The lowest BCUT2D eigenvalue weighted by Gasteiger charge is -2.12. The molecule has 5 heterocycles. The van der Waals surface area contributed by atoms with Gasteiger partial charge in [-0.05, 0) is 91.6 Å². The Morgan fingerprint density at radius 3 is 2.20 bits per heavy atom. The van der Waals surface area contributed by atoms with Gasteiger partial charge in [-0.2, -0.15) is 0 Å². The van der Waals surface area contributed by atoms with Crippen LogP contribution in [0.4, 0.5) is 0 Å². The van der Waals surface area contributed by atoms with E-state index in [9.17, 15) is 29.4 Å². The zero-order chi connectivity index (χ0) is 32.6. The minimum Gasteiger partial charge on any atom is -0.481 e. The fraction of sp³-hybridized carbons (Fsp3) is 0.455. The van der Waals surface area contributed by atoms with Crippen molar-refractivity contribution in [3.8, 4) is 0 Å². The number of rotatable bonds is 13. The van der Waals surface area contributed by atoms with E-state index in [1.165, 1.54) is 18.0 Å². The molecule has 2 amide bonds. The van der Waals surface area contributed by atoms with Crippen molar-refractivity contribution in [1.82, 2.24) is 20.6 Å². The van der Waals surface area contributed by atoms with E-state index in [1.54, 1.807) is 6.08 Å². The number of nitrogens with two attached hydrogens (primary N) is 1. The summed E-state index contributed by atoms with van der Waals surface area (Å²) in [6, 6.07) is -0.235. The number of aliphatic carboxylic acids is 2. The molecule has 0 bridgehead atoms. The summed E-state index contributed by atoms with van der Waals surface area (Å²) in [4.78, 5) is 55.4. The number of H-pyrrole nitrogens is 2. The number of carboxylic acid groups (broad SMARTS) is 2. The Kier molecular flexibility index (Phi) is 9.33. The van der Waals surface area contributed by atoms with Gasteiger partial charge in [-0.1, -0.05) is 6.92 Å². The number of amides is 2. The number of carbonyl (C=O) groups excluding carboxylic acids is 2. The maximum absolute atomic E-state index is 12.6. The minimum atomic E-state index is -0.896. The summed E-state index contributed by atoms with van der Waals surface area (Å²) < 4.78 is 0. The van der Waals surface area contributed by atoms with Crippen LogP contribution in [0.3, 0.4) is 0 Å². The van der Waals surface area contributed by atoms with E-state index in [1.807, 2.05) is 33.8 Å². The number of hydrogen-bond acceptors (Lipinski definition) is 5. The van der Waals surface area contributed by atoms with Crippen molar-refractivity contribution in [3.05, 3.63) is 74.1 Å². The number of aromatic nitrogens is 2. The van der Waals surface area contributed by atoms with Crippen LogP contribution in [0.15, 0.2) is 29.1 Å². The Labute approximate surface area is 266 Å². The van der Waals surface area contributed by atoms with Gasteiger partial charge in [0.15, 0.2) is 11.0 Å². The SMILES string of the molecule is CC1=C(/C=C\N)C(=O)N[C@@H]1Cc1[nH]c(Cc2[nH]c(/C=C3\NC(=O)[C@H](C)[C@H]3[C@H]3C[SH+]3)c(C)c2CCC(=O)O)c(CCC(=O)O)c1C. The second kappa shape index (κ2) is 13.0. The van der Waals surface area contributed by atoms with Crippen LogP contribution in [0.5, 0.6) is 0 Å². The molecule has 12 heteroatoms. The predicted octanol–water partition coefficient (Wildman–Crippen LogP) is 2.33. The Hall–Kier alpha value is -4.19. The molecule has 0 aromatic carbocycles. The van der Waals surface area contributed by atoms with E-state index >= 15 is 0 Å². The fourth-order valence-electron chi connectivity index (χ4n) is 6.76. The molecule has 3 aliphatic rings. The van der Waals surface area contributed by atoms with Crippen molar-refractivity contribution in [3.63, 3.8) is 0 Å². The third-order valence-corrected chi connectivity index (χ3v) is 10.6. The molecule has 240 valence electrons. The van der Waals surface area contributed by atoms with Crippen LogP contribution in [0.1, 0.15) is 71.7 Å². The maximum atomic E-state index is 12.6. The van der Waals surface area contributed by atoms with Gasteiger partial charge in [-0.25, -0.2) is 0 Å². The largest absolute Gasteiger partial charge is 0.481 e. The number of allylic oxidation sites excluding steroid dienone is 1. The Balaban J connectivity index is 1.51. The molecular weight excluding hydrogens is 594 g/mol. The zero-order valence-electron chi connectivity index (χ0n) is 26.0. The molecule has 0 spiro atoms. The smallest absolute Gasteiger partial charge is 0.303 e. The van der Waals surface area contributed by atoms with Crippen molar-refractivity contribution in [2.75, 3.05) is 5.75 Å². The first-order valence-corrected chi connectivity index (χ1v) is 16.5. The molecule has 2 aromatic rings. The average Bonchev–Trinajstić information content (AvgIpc) is 3.56. The predicted molar refractivity (Wildman–Crippen MR) is 174 cm³/mol. The molecule has 45 heavy (non-hydrogen) atoms. The first kappa shape index (κ1) is 32.2. The molecule has 0 aliphatic carbocycles. The number of carboxylic acids is 2. The van der Waals surface area contributed by atoms with Crippen LogP contribution >= 0.6 is 0 Å². The number of thiol groups is 1. The summed E-state index contributed by atoms with van der Waals surface area (Å²) >= 11 is 1.36. The molecule has 5 rings (SSSR count). The second-order valence-corrected chi connectivity index (χ2v) is 13.7. The first-order chi connectivity index (χ1) is 21.4. The average molecular weight is 637 g/mol. The highest BCUT2D eigenvalue weighted by molar-refractivity contribution is 7.86.